The molecule has 0 bridgehead atoms. The summed E-state index contributed by atoms with van der Waals surface area (Å²) in [6.07, 6.45) is -0.211. The molecule has 0 aromatic carbocycles. The van der Waals surface area contributed by atoms with Gasteiger partial charge in [-0.1, -0.05) is 0 Å². The zero-order valence-corrected chi connectivity index (χ0v) is 12.4. The highest BCUT2D eigenvalue weighted by atomic mass is 19.1. The summed E-state index contributed by atoms with van der Waals surface area (Å²) < 4.78 is 19.3. The van der Waals surface area contributed by atoms with Gasteiger partial charge in [0, 0.05) is 12.6 Å². The molecular formula is C15H18FN3O4. The SMILES string of the molecule is O=C1COc2ccc(CNC3CCC(C(=O)O)CC3F)nc2N1. The minimum atomic E-state index is -1.19. The largest absolute Gasteiger partial charge is 0.481 e. The number of carbonyl (C=O) groups is 2. The monoisotopic (exact) mass is 323 g/mol. The highest BCUT2D eigenvalue weighted by Crippen LogP contribution is 2.28. The number of hydrogen-bond acceptors (Lipinski definition) is 5. The van der Waals surface area contributed by atoms with Crippen molar-refractivity contribution in [3.05, 3.63) is 17.8 Å². The van der Waals surface area contributed by atoms with Crippen LogP contribution in [0.15, 0.2) is 12.1 Å². The van der Waals surface area contributed by atoms with Crippen LogP contribution in [0.25, 0.3) is 0 Å². The average molecular weight is 323 g/mol. The summed E-state index contributed by atoms with van der Waals surface area (Å²) in [6.45, 7) is 0.314. The number of carbonyl (C=O) groups excluding carboxylic acids is 1. The molecule has 2 aliphatic rings. The van der Waals surface area contributed by atoms with Gasteiger partial charge < -0.3 is 20.5 Å². The molecule has 1 aliphatic carbocycles. The van der Waals surface area contributed by atoms with Crippen LogP contribution < -0.4 is 15.4 Å². The third kappa shape index (κ3) is 3.58. The number of alkyl halides is 1. The second-order valence-electron chi connectivity index (χ2n) is 5.84. The fourth-order valence-corrected chi connectivity index (χ4v) is 2.91. The van der Waals surface area contributed by atoms with E-state index in [1.807, 2.05) is 0 Å². The standard InChI is InChI=1S/C15H18FN3O4/c16-10-5-8(15(21)22)1-3-11(10)17-6-9-2-4-12-14(18-9)19-13(20)7-23-12/h2,4,8,10-11,17H,1,3,5-7H2,(H,21,22)(H,18,19,20). The fraction of sp³-hybridized carbons (Fsp3) is 0.533. The molecule has 1 aliphatic heterocycles. The Morgan fingerprint density at radius 3 is 3.04 bits per heavy atom. The van der Waals surface area contributed by atoms with Crippen LogP contribution in [0, 0.1) is 5.92 Å². The molecule has 124 valence electrons. The number of hydrogen-bond donors (Lipinski definition) is 3. The summed E-state index contributed by atoms with van der Waals surface area (Å²) >= 11 is 0. The Balaban J connectivity index is 1.58. The van der Waals surface area contributed by atoms with Gasteiger partial charge in [-0.05, 0) is 31.4 Å². The Bertz CT molecular complexity index is 625. The first-order valence-corrected chi connectivity index (χ1v) is 7.56. The molecule has 3 rings (SSSR count). The topological polar surface area (TPSA) is 101 Å². The van der Waals surface area contributed by atoms with E-state index in [2.05, 4.69) is 15.6 Å². The second-order valence-corrected chi connectivity index (χ2v) is 5.84. The third-order valence-corrected chi connectivity index (χ3v) is 4.20. The first-order chi connectivity index (χ1) is 11.0. The fourth-order valence-electron chi connectivity index (χ4n) is 2.91. The molecule has 1 aromatic rings. The third-order valence-electron chi connectivity index (χ3n) is 4.20. The van der Waals surface area contributed by atoms with Gasteiger partial charge in [0.15, 0.2) is 18.2 Å². The van der Waals surface area contributed by atoms with E-state index in [0.29, 0.717) is 36.6 Å². The number of fused-ring (bicyclic) bond motifs is 1. The molecule has 7 nitrogen and oxygen atoms in total. The molecule has 1 amide bonds. The van der Waals surface area contributed by atoms with Gasteiger partial charge in [-0.3, -0.25) is 9.59 Å². The molecular weight excluding hydrogens is 305 g/mol. The number of nitrogens with zero attached hydrogens (tertiary/aromatic N) is 1. The van der Waals surface area contributed by atoms with Crippen LogP contribution in [0.2, 0.25) is 0 Å². The number of amides is 1. The van der Waals surface area contributed by atoms with Gasteiger partial charge in [0.05, 0.1) is 11.6 Å². The summed E-state index contributed by atoms with van der Waals surface area (Å²) in [5.41, 5.74) is 0.655. The van der Waals surface area contributed by atoms with Crippen LogP contribution in [0.5, 0.6) is 5.75 Å². The maximum Gasteiger partial charge on any atom is 0.306 e. The van der Waals surface area contributed by atoms with Gasteiger partial charge in [-0.25, -0.2) is 9.37 Å². The number of aliphatic carboxylic acids is 1. The van der Waals surface area contributed by atoms with E-state index in [4.69, 9.17) is 9.84 Å². The molecule has 0 saturated heterocycles. The van der Waals surface area contributed by atoms with Gasteiger partial charge in [-0.15, -0.1) is 0 Å². The van der Waals surface area contributed by atoms with Crippen molar-refractivity contribution in [2.24, 2.45) is 5.92 Å². The van der Waals surface area contributed by atoms with Crippen LogP contribution in [-0.4, -0.2) is 40.8 Å². The van der Waals surface area contributed by atoms with E-state index in [-0.39, 0.29) is 25.0 Å². The summed E-state index contributed by atoms with van der Waals surface area (Å²) in [7, 11) is 0. The highest BCUT2D eigenvalue weighted by Gasteiger charge is 2.33. The maximum atomic E-state index is 14.1. The minimum Gasteiger partial charge on any atom is -0.481 e. The lowest BCUT2D eigenvalue weighted by Gasteiger charge is -2.30. The van der Waals surface area contributed by atoms with Gasteiger partial charge >= 0.3 is 5.97 Å². The van der Waals surface area contributed by atoms with Crippen molar-refractivity contribution in [1.29, 1.82) is 0 Å². The molecule has 1 aromatic heterocycles. The predicted octanol–water partition coefficient (Wildman–Crippen LogP) is 1.09. The lowest BCUT2D eigenvalue weighted by atomic mass is 9.84. The van der Waals surface area contributed by atoms with Crippen molar-refractivity contribution in [2.45, 2.75) is 38.0 Å². The summed E-state index contributed by atoms with van der Waals surface area (Å²) in [5, 5.41) is 14.6. The number of anilines is 1. The van der Waals surface area contributed by atoms with E-state index < -0.39 is 18.1 Å². The van der Waals surface area contributed by atoms with E-state index in [0.717, 1.165) is 0 Å². The van der Waals surface area contributed by atoms with E-state index in [9.17, 15) is 14.0 Å². The van der Waals surface area contributed by atoms with E-state index in [1.54, 1.807) is 12.1 Å². The Morgan fingerprint density at radius 2 is 2.30 bits per heavy atom. The smallest absolute Gasteiger partial charge is 0.306 e. The summed E-state index contributed by atoms with van der Waals surface area (Å²) in [5.74, 6) is -0.910. The molecule has 0 radical (unpaired) electrons. The van der Waals surface area contributed by atoms with Crippen LogP contribution in [-0.2, 0) is 16.1 Å². The number of halogens is 1. The zero-order valence-electron chi connectivity index (χ0n) is 12.4. The number of carboxylic acid groups (broad SMARTS) is 1. The number of rotatable bonds is 4. The normalized spacial score (nSPS) is 26.8. The average Bonchev–Trinajstić information content (AvgIpc) is 2.53. The summed E-state index contributed by atoms with van der Waals surface area (Å²) in [6, 6.07) is 3.08. The number of ether oxygens (including phenoxy) is 1. The van der Waals surface area contributed by atoms with Crippen LogP contribution >= 0.6 is 0 Å². The molecule has 1 fully saturated rings. The predicted molar refractivity (Wildman–Crippen MR) is 78.9 cm³/mol. The van der Waals surface area contributed by atoms with Gasteiger partial charge in [0.2, 0.25) is 0 Å². The van der Waals surface area contributed by atoms with E-state index in [1.165, 1.54) is 0 Å². The van der Waals surface area contributed by atoms with Crippen molar-refractivity contribution in [3.8, 4) is 5.75 Å². The number of pyridine rings is 1. The Hall–Kier alpha value is -2.22. The lowest BCUT2D eigenvalue weighted by Crippen LogP contribution is -2.43. The first-order valence-electron chi connectivity index (χ1n) is 7.56. The molecule has 23 heavy (non-hydrogen) atoms. The first kappa shape index (κ1) is 15.7. The highest BCUT2D eigenvalue weighted by molar-refractivity contribution is 5.94. The number of carboxylic acids is 1. The van der Waals surface area contributed by atoms with Gasteiger partial charge in [-0.2, -0.15) is 0 Å². The van der Waals surface area contributed by atoms with Crippen LogP contribution in [0.4, 0.5) is 10.2 Å². The Labute approximate surface area is 132 Å². The molecule has 1 saturated carbocycles. The molecule has 3 unspecified atom stereocenters. The van der Waals surface area contributed by atoms with Gasteiger partial charge in [0.25, 0.3) is 5.91 Å². The molecule has 0 spiro atoms. The summed E-state index contributed by atoms with van der Waals surface area (Å²) in [4.78, 5) is 26.5. The molecule has 8 heteroatoms. The van der Waals surface area contributed by atoms with E-state index >= 15 is 0 Å². The molecule has 3 atom stereocenters. The van der Waals surface area contributed by atoms with Crippen molar-refractivity contribution >= 4 is 17.7 Å². The van der Waals surface area contributed by atoms with Crippen molar-refractivity contribution in [2.75, 3.05) is 11.9 Å². The van der Waals surface area contributed by atoms with Crippen molar-refractivity contribution in [1.82, 2.24) is 10.3 Å². The maximum absolute atomic E-state index is 14.1. The zero-order chi connectivity index (χ0) is 16.4. The lowest BCUT2D eigenvalue weighted by molar-refractivity contribution is -0.143. The Kier molecular flexibility index (Phi) is 4.42. The van der Waals surface area contributed by atoms with Crippen LogP contribution in [0.1, 0.15) is 25.0 Å². The molecule has 3 N–H and O–H groups in total. The Morgan fingerprint density at radius 1 is 1.48 bits per heavy atom. The molecule has 2 heterocycles. The van der Waals surface area contributed by atoms with Crippen molar-refractivity contribution < 1.29 is 23.8 Å². The minimum absolute atomic E-state index is 0.0252. The van der Waals surface area contributed by atoms with Gasteiger partial charge in [0.1, 0.15) is 6.17 Å². The van der Waals surface area contributed by atoms with Crippen molar-refractivity contribution in [3.63, 3.8) is 0 Å². The number of nitrogens with one attached hydrogen (secondary N) is 2. The number of aromatic nitrogens is 1. The van der Waals surface area contributed by atoms with Crippen LogP contribution in [0.3, 0.4) is 0 Å². The second kappa shape index (κ2) is 6.49. The quantitative estimate of drug-likeness (QED) is 0.767.